The molecule has 2 aliphatic rings. The molecule has 0 saturated heterocycles. The molecule has 2 heteroatoms. The number of rotatable bonds is 6. The second kappa shape index (κ2) is 7.92. The topological polar surface area (TPSA) is 0 Å². The molecule has 0 radical (unpaired) electrons. The smallest absolute Gasteiger partial charge is 0.0667 e. The molecule has 0 unspecified atom stereocenters. The maximum atomic E-state index is 2.60. The molecule has 2 rings (SSSR count). The lowest BCUT2D eigenvalue weighted by molar-refractivity contribution is 0.790. The molecule has 0 atom stereocenters. The molecule has 0 aromatic rings. The van der Waals surface area contributed by atoms with Gasteiger partial charge in [0.15, 0.2) is 0 Å². The highest BCUT2D eigenvalue weighted by molar-refractivity contribution is 6.83. The summed E-state index contributed by atoms with van der Waals surface area (Å²) >= 11 is 0. The Morgan fingerprint density at radius 3 is 0.900 bits per heavy atom. The summed E-state index contributed by atoms with van der Waals surface area (Å²) in [5.41, 5.74) is 12.7. The molecule has 168 valence electrons. The highest BCUT2D eigenvalue weighted by Crippen LogP contribution is 2.60. The molecule has 0 aromatic carbocycles. The molecule has 0 aliphatic heterocycles. The molecule has 0 nitrogen and oxygen atoms in total. The lowest BCUT2D eigenvalue weighted by atomic mass is 9.98. The van der Waals surface area contributed by atoms with E-state index in [9.17, 15) is 0 Å². The average Bonchev–Trinajstić information content (AvgIpc) is 2.93. The van der Waals surface area contributed by atoms with E-state index in [-0.39, 0.29) is 0 Å². The van der Waals surface area contributed by atoms with E-state index >= 15 is 0 Å². The minimum Gasteiger partial charge on any atom is -0.0914 e. The lowest BCUT2D eigenvalue weighted by Crippen LogP contribution is -2.42. The minimum atomic E-state index is -1.51. The van der Waals surface area contributed by atoms with E-state index in [0.29, 0.717) is 10.1 Å². The van der Waals surface area contributed by atoms with Gasteiger partial charge in [0, 0.05) is 10.1 Å². The Morgan fingerprint density at radius 1 is 0.500 bits per heavy atom. The molecule has 0 N–H and O–H groups in total. The fourth-order valence-electron chi connectivity index (χ4n) is 6.38. The van der Waals surface area contributed by atoms with Gasteiger partial charge in [0.1, 0.15) is 0 Å². The number of allylic oxidation sites excluding steroid dienone is 10. The van der Waals surface area contributed by atoms with E-state index < -0.39 is 16.1 Å². The second-order valence-electron chi connectivity index (χ2n) is 11.9. The Kier molecular flexibility index (Phi) is 6.71. The van der Waals surface area contributed by atoms with E-state index in [0.717, 1.165) is 0 Å². The SMILES string of the molecule is CC1=C(C)C(C)([Si](C)(C)C/C=C\C[Si](C)(C)C2(C)C(C)=C(C)C(C)=C2C)C(C)=C1C. The van der Waals surface area contributed by atoms with Crippen molar-refractivity contribution in [2.45, 2.75) is 118 Å². The largest absolute Gasteiger partial charge is 0.0914 e. The van der Waals surface area contributed by atoms with Crippen LogP contribution in [0.1, 0.15) is 69.2 Å². The molecule has 0 spiro atoms. The molecule has 30 heavy (non-hydrogen) atoms. The highest BCUT2D eigenvalue weighted by atomic mass is 28.3. The van der Waals surface area contributed by atoms with Gasteiger partial charge in [-0.1, -0.05) is 74.5 Å². The van der Waals surface area contributed by atoms with Crippen LogP contribution in [0.3, 0.4) is 0 Å². The molecular weight excluding hydrogens is 392 g/mol. The predicted molar refractivity (Wildman–Crippen MR) is 144 cm³/mol. The second-order valence-corrected chi connectivity index (χ2v) is 22.2. The zero-order valence-electron chi connectivity index (χ0n) is 22.6. The minimum absolute atomic E-state index is 0.294. The van der Waals surface area contributed by atoms with Crippen LogP contribution < -0.4 is 0 Å². The highest BCUT2D eigenvalue weighted by Gasteiger charge is 2.49. The van der Waals surface area contributed by atoms with Gasteiger partial charge in [-0.05, 0) is 89.8 Å². The molecule has 0 fully saturated rings. The standard InChI is InChI=1S/C28H48Si2/c1-19-20(2)24(6)27(9,23(19)5)29(11,12)17-15-16-18-30(13,14)28(10)25(7)21(3)22(4)26(28)8/h15-16H,17-18H2,1-14H3/b16-15-. The van der Waals surface area contributed by atoms with Crippen LogP contribution in [-0.4, -0.2) is 16.1 Å². The Balaban J connectivity index is 2.23. The van der Waals surface area contributed by atoms with Gasteiger partial charge < -0.3 is 0 Å². The maximum absolute atomic E-state index is 2.60. The van der Waals surface area contributed by atoms with Crippen molar-refractivity contribution >= 4 is 16.1 Å². The van der Waals surface area contributed by atoms with Crippen molar-refractivity contribution in [3.63, 3.8) is 0 Å². The first-order valence-electron chi connectivity index (χ1n) is 11.9. The molecule has 0 heterocycles. The molecule has 2 aliphatic carbocycles. The monoisotopic (exact) mass is 440 g/mol. The summed E-state index contributed by atoms with van der Waals surface area (Å²) in [5.74, 6) is 0. The van der Waals surface area contributed by atoms with E-state index in [1.54, 1.807) is 22.3 Å². The fraction of sp³-hybridized carbons (Fsp3) is 0.643. The summed E-state index contributed by atoms with van der Waals surface area (Å²) < 4.78 is 0. The molecule has 0 saturated carbocycles. The van der Waals surface area contributed by atoms with Gasteiger partial charge in [0.2, 0.25) is 0 Å². The van der Waals surface area contributed by atoms with Crippen LogP contribution in [-0.2, 0) is 0 Å². The van der Waals surface area contributed by atoms with Crippen molar-refractivity contribution in [2.24, 2.45) is 0 Å². The Labute approximate surface area is 190 Å². The summed E-state index contributed by atoms with van der Waals surface area (Å²) in [5, 5.41) is 0.589. The van der Waals surface area contributed by atoms with Crippen LogP contribution in [0.2, 0.25) is 48.4 Å². The molecule has 0 aromatic heterocycles. The summed E-state index contributed by atoms with van der Waals surface area (Å²) in [6.45, 7) is 34.3. The summed E-state index contributed by atoms with van der Waals surface area (Å²) in [6, 6.07) is 2.53. The maximum Gasteiger partial charge on any atom is 0.0667 e. The number of hydrogen-bond acceptors (Lipinski definition) is 0. The third kappa shape index (κ3) is 3.37. The normalized spacial score (nSPS) is 22.5. The van der Waals surface area contributed by atoms with Crippen molar-refractivity contribution in [3.05, 3.63) is 56.7 Å². The summed E-state index contributed by atoms with van der Waals surface area (Å²) in [4.78, 5) is 0. The van der Waals surface area contributed by atoms with Gasteiger partial charge in [-0.3, -0.25) is 0 Å². The van der Waals surface area contributed by atoms with Crippen LogP contribution in [0, 0.1) is 0 Å². The van der Waals surface area contributed by atoms with E-state index in [4.69, 9.17) is 0 Å². The van der Waals surface area contributed by atoms with Crippen molar-refractivity contribution in [1.29, 1.82) is 0 Å². The first-order valence-corrected chi connectivity index (χ1v) is 18.3. The van der Waals surface area contributed by atoms with Crippen LogP contribution >= 0.6 is 0 Å². The van der Waals surface area contributed by atoms with E-state index in [1.165, 1.54) is 34.4 Å². The summed E-state index contributed by atoms with van der Waals surface area (Å²) in [6.07, 6.45) is 5.12. The van der Waals surface area contributed by atoms with Crippen LogP contribution in [0.15, 0.2) is 56.7 Å². The van der Waals surface area contributed by atoms with Gasteiger partial charge in [0.05, 0.1) is 16.1 Å². The van der Waals surface area contributed by atoms with Gasteiger partial charge in [-0.15, -0.1) is 0 Å². The van der Waals surface area contributed by atoms with Crippen molar-refractivity contribution in [3.8, 4) is 0 Å². The third-order valence-corrected chi connectivity index (χ3v) is 19.9. The quantitative estimate of drug-likeness (QED) is 0.284. The van der Waals surface area contributed by atoms with Crippen LogP contribution in [0.25, 0.3) is 0 Å². The van der Waals surface area contributed by atoms with Gasteiger partial charge in [0.25, 0.3) is 0 Å². The zero-order valence-corrected chi connectivity index (χ0v) is 24.6. The Morgan fingerprint density at radius 2 is 0.700 bits per heavy atom. The average molecular weight is 441 g/mol. The van der Waals surface area contributed by atoms with Crippen LogP contribution in [0.5, 0.6) is 0 Å². The number of hydrogen-bond donors (Lipinski definition) is 0. The van der Waals surface area contributed by atoms with E-state index in [2.05, 4.69) is 108 Å². The molecule has 0 amide bonds. The van der Waals surface area contributed by atoms with Crippen molar-refractivity contribution < 1.29 is 0 Å². The predicted octanol–water partition coefficient (Wildman–Crippen LogP) is 9.85. The van der Waals surface area contributed by atoms with Crippen molar-refractivity contribution in [2.75, 3.05) is 0 Å². The zero-order chi connectivity index (χ0) is 23.4. The first kappa shape index (κ1) is 25.4. The third-order valence-electron chi connectivity index (χ3n) is 10.5. The lowest BCUT2D eigenvalue weighted by Gasteiger charge is -2.44. The van der Waals surface area contributed by atoms with Gasteiger partial charge in [-0.2, -0.15) is 0 Å². The van der Waals surface area contributed by atoms with Crippen LogP contribution in [0.4, 0.5) is 0 Å². The van der Waals surface area contributed by atoms with E-state index in [1.807, 2.05) is 0 Å². The summed E-state index contributed by atoms with van der Waals surface area (Å²) in [7, 11) is -3.01. The fourth-order valence-corrected chi connectivity index (χ4v) is 13.5. The Bertz CT molecular complexity index is 775. The first-order chi connectivity index (χ1) is 13.5. The molecular formula is C28H48Si2. The van der Waals surface area contributed by atoms with Gasteiger partial charge in [-0.25, -0.2) is 0 Å². The molecule has 0 bridgehead atoms. The van der Waals surface area contributed by atoms with Gasteiger partial charge >= 0.3 is 0 Å². The Hall–Kier alpha value is -0.866. The van der Waals surface area contributed by atoms with Crippen molar-refractivity contribution in [1.82, 2.24) is 0 Å².